The molecule has 1 rings (SSSR count). The van der Waals surface area contributed by atoms with Gasteiger partial charge in [-0.1, -0.05) is 116 Å². The molecule has 0 aromatic heterocycles. The van der Waals surface area contributed by atoms with Crippen LogP contribution >= 0.6 is 0 Å². The Balaban J connectivity index is 1.74. The fraction of sp³-hybridized carbons (Fsp3) is 0.909. The van der Waals surface area contributed by atoms with Crippen LogP contribution in [0.5, 0.6) is 0 Å². The van der Waals surface area contributed by atoms with Gasteiger partial charge in [0.2, 0.25) is 11.8 Å². The van der Waals surface area contributed by atoms with E-state index in [4.69, 9.17) is 9.47 Å². The molecule has 2 unspecified atom stereocenters. The van der Waals surface area contributed by atoms with Gasteiger partial charge in [-0.15, -0.1) is 0 Å². The van der Waals surface area contributed by atoms with E-state index in [1.807, 2.05) is 33.1 Å². The molecule has 1 fully saturated rings. The molecule has 4 N–H and O–H groups in total. The summed E-state index contributed by atoms with van der Waals surface area (Å²) in [6.45, 7) is 5.28. The normalized spacial score (nSPS) is 15.4. The lowest BCUT2D eigenvalue weighted by atomic mass is 10.1. The van der Waals surface area contributed by atoms with Crippen LogP contribution in [0.4, 0.5) is 0 Å². The van der Waals surface area contributed by atoms with Gasteiger partial charge in [0.25, 0.3) is 0 Å². The molecule has 1 aliphatic rings. The summed E-state index contributed by atoms with van der Waals surface area (Å²) in [7, 11) is 7.91. The molecule has 12 heteroatoms. The molecule has 2 atom stereocenters. The van der Waals surface area contributed by atoms with Gasteiger partial charge in [0.05, 0.1) is 12.6 Å². The SMILES string of the molecule is CN(C)CCOC(=O)CNCCCCCCCCCCCCNC(=O)CCCCCCC(=O)NCCCCCCCCCCCCNC1C(=O)OCC1N(C)C. The van der Waals surface area contributed by atoms with Crippen LogP contribution in [0.1, 0.15) is 167 Å². The van der Waals surface area contributed by atoms with E-state index in [0.29, 0.717) is 32.6 Å². The average Bonchev–Trinajstić information content (AvgIpc) is 3.54. The van der Waals surface area contributed by atoms with Crippen molar-refractivity contribution in [3.63, 3.8) is 0 Å². The van der Waals surface area contributed by atoms with Crippen LogP contribution in [0, 0.1) is 0 Å². The number of carbonyl (C=O) groups excluding carboxylic acids is 4. The van der Waals surface area contributed by atoms with Gasteiger partial charge in [-0.25, -0.2) is 0 Å². The third-order valence-electron chi connectivity index (χ3n) is 10.7. The number of hydrogen-bond donors (Lipinski definition) is 4. The van der Waals surface area contributed by atoms with Gasteiger partial charge in [0.1, 0.15) is 19.3 Å². The van der Waals surface area contributed by atoms with Crippen LogP contribution in [0.2, 0.25) is 0 Å². The summed E-state index contributed by atoms with van der Waals surface area (Å²) in [4.78, 5) is 51.9. The number of cyclic esters (lactones) is 1. The smallest absolute Gasteiger partial charge is 0.324 e. The molecule has 12 nitrogen and oxygen atoms in total. The number of amides is 2. The van der Waals surface area contributed by atoms with Crippen molar-refractivity contribution < 1.29 is 28.7 Å². The maximum absolute atomic E-state index is 12.2. The van der Waals surface area contributed by atoms with Crippen molar-refractivity contribution in [2.45, 2.75) is 179 Å². The summed E-state index contributed by atoms with van der Waals surface area (Å²) in [5.74, 6) is 0.0256. The molecule has 1 aliphatic heterocycles. The number of likely N-dealkylation sites (N-methyl/N-ethyl adjacent to an activating group) is 2. The van der Waals surface area contributed by atoms with E-state index in [1.54, 1.807) is 0 Å². The van der Waals surface area contributed by atoms with Crippen LogP contribution in [0.25, 0.3) is 0 Å². The Morgan fingerprint density at radius 1 is 0.589 bits per heavy atom. The zero-order chi connectivity index (χ0) is 40.9. The van der Waals surface area contributed by atoms with Crippen molar-refractivity contribution in [3.05, 3.63) is 0 Å². The fourth-order valence-electron chi connectivity index (χ4n) is 7.03. The summed E-state index contributed by atoms with van der Waals surface area (Å²) >= 11 is 0. The highest BCUT2D eigenvalue weighted by Gasteiger charge is 2.37. The second-order valence-corrected chi connectivity index (χ2v) is 16.5. The van der Waals surface area contributed by atoms with E-state index in [0.717, 1.165) is 84.1 Å². The van der Waals surface area contributed by atoms with E-state index in [9.17, 15) is 19.2 Å². The Kier molecular flexibility index (Phi) is 34.2. The number of nitrogens with one attached hydrogen (secondary N) is 4. The molecule has 56 heavy (non-hydrogen) atoms. The van der Waals surface area contributed by atoms with Crippen LogP contribution in [-0.4, -0.2) is 126 Å². The zero-order valence-corrected chi connectivity index (χ0v) is 36.5. The topological polar surface area (TPSA) is 141 Å². The van der Waals surface area contributed by atoms with Crippen molar-refractivity contribution in [3.8, 4) is 0 Å². The van der Waals surface area contributed by atoms with Crippen molar-refractivity contribution in [2.75, 3.05) is 80.7 Å². The van der Waals surface area contributed by atoms with Crippen molar-refractivity contribution >= 4 is 23.8 Å². The molecule has 0 aromatic rings. The Hall–Kier alpha value is -2.28. The lowest BCUT2D eigenvalue weighted by Crippen LogP contribution is -2.48. The van der Waals surface area contributed by atoms with Crippen LogP contribution in [-0.2, 0) is 28.7 Å². The molecular weight excluding hydrogens is 709 g/mol. The minimum Gasteiger partial charge on any atom is -0.463 e. The molecule has 0 aromatic carbocycles. The lowest BCUT2D eigenvalue weighted by Gasteiger charge is -2.22. The Bertz CT molecular complexity index is 984. The molecule has 0 radical (unpaired) electrons. The van der Waals surface area contributed by atoms with Gasteiger partial charge in [-0.2, -0.15) is 0 Å². The first-order valence-electron chi connectivity index (χ1n) is 22.8. The van der Waals surface area contributed by atoms with Crippen LogP contribution in [0.3, 0.4) is 0 Å². The zero-order valence-electron chi connectivity index (χ0n) is 36.5. The number of rotatable bonds is 40. The molecule has 1 heterocycles. The molecule has 328 valence electrons. The summed E-state index contributed by atoms with van der Waals surface area (Å²) in [5.41, 5.74) is 0. The summed E-state index contributed by atoms with van der Waals surface area (Å²) in [6, 6.07) is -0.0606. The minimum absolute atomic E-state index is 0.120. The van der Waals surface area contributed by atoms with Gasteiger partial charge in [-0.3, -0.25) is 19.2 Å². The number of unbranched alkanes of at least 4 members (excludes halogenated alkanes) is 21. The number of ether oxygens (including phenoxy) is 2. The number of hydrogen-bond acceptors (Lipinski definition) is 10. The first-order valence-corrected chi connectivity index (χ1v) is 22.8. The number of esters is 2. The van der Waals surface area contributed by atoms with Gasteiger partial charge in [-0.05, 0) is 79.8 Å². The molecule has 0 aliphatic carbocycles. The summed E-state index contributed by atoms with van der Waals surface area (Å²) < 4.78 is 10.4. The number of carbonyl (C=O) groups is 4. The Morgan fingerprint density at radius 3 is 1.45 bits per heavy atom. The lowest BCUT2D eigenvalue weighted by molar-refractivity contribution is -0.143. The predicted octanol–water partition coefficient (Wildman–Crippen LogP) is 6.50. The second-order valence-electron chi connectivity index (χ2n) is 16.5. The molecule has 0 saturated carbocycles. The molecule has 0 spiro atoms. The molecule has 1 saturated heterocycles. The van der Waals surface area contributed by atoms with Crippen LogP contribution in [0.15, 0.2) is 0 Å². The predicted molar refractivity (Wildman–Crippen MR) is 229 cm³/mol. The van der Waals surface area contributed by atoms with E-state index in [2.05, 4.69) is 26.2 Å². The Morgan fingerprint density at radius 2 is 1.00 bits per heavy atom. The first-order chi connectivity index (χ1) is 27.2. The van der Waals surface area contributed by atoms with E-state index in [1.165, 1.54) is 103 Å². The highest BCUT2D eigenvalue weighted by molar-refractivity contribution is 5.79. The molecule has 0 bridgehead atoms. The van der Waals surface area contributed by atoms with Crippen LogP contribution < -0.4 is 21.3 Å². The van der Waals surface area contributed by atoms with E-state index >= 15 is 0 Å². The highest BCUT2D eigenvalue weighted by atomic mass is 16.5. The largest absolute Gasteiger partial charge is 0.463 e. The minimum atomic E-state index is -0.193. The third kappa shape index (κ3) is 31.8. The van der Waals surface area contributed by atoms with Gasteiger partial charge < -0.3 is 40.5 Å². The molecule has 2 amide bonds. The van der Waals surface area contributed by atoms with Gasteiger partial charge >= 0.3 is 11.9 Å². The standard InChI is InChI=1S/C44H86N6O6/c1-49(2)35-36-55-42(53)37-45-31-25-19-13-9-5-6-10-14-20-26-32-46-40(51)29-23-17-18-24-30-41(52)47-33-27-21-15-11-7-8-12-16-22-28-34-48-43-39(50(3)4)38-56-44(43)54/h39,43,45,48H,5-38H2,1-4H3,(H,46,51)(H,47,52). The maximum Gasteiger partial charge on any atom is 0.324 e. The number of nitrogens with zero attached hydrogens (tertiary/aromatic N) is 2. The van der Waals surface area contributed by atoms with Crippen molar-refractivity contribution in [1.29, 1.82) is 0 Å². The van der Waals surface area contributed by atoms with Crippen molar-refractivity contribution in [2.24, 2.45) is 0 Å². The second kappa shape index (κ2) is 37.0. The highest BCUT2D eigenvalue weighted by Crippen LogP contribution is 2.14. The summed E-state index contributed by atoms with van der Waals surface area (Å²) in [5, 5.41) is 12.7. The maximum atomic E-state index is 12.2. The quantitative estimate of drug-likeness (QED) is 0.0402. The Labute approximate surface area is 342 Å². The first kappa shape index (κ1) is 51.7. The molecular formula is C44H86N6O6. The third-order valence-corrected chi connectivity index (χ3v) is 10.7. The van der Waals surface area contributed by atoms with Gasteiger partial charge in [0, 0.05) is 32.5 Å². The summed E-state index contributed by atoms with van der Waals surface area (Å²) in [6.07, 6.45) is 29.2. The fourth-order valence-corrected chi connectivity index (χ4v) is 7.03. The van der Waals surface area contributed by atoms with E-state index in [-0.39, 0.29) is 35.8 Å². The monoisotopic (exact) mass is 795 g/mol. The van der Waals surface area contributed by atoms with Crippen molar-refractivity contribution in [1.82, 2.24) is 31.1 Å². The van der Waals surface area contributed by atoms with Gasteiger partial charge in [0.15, 0.2) is 0 Å². The average molecular weight is 795 g/mol. The van der Waals surface area contributed by atoms with E-state index < -0.39 is 0 Å².